The van der Waals surface area contributed by atoms with Crippen LogP contribution in [0.25, 0.3) is 0 Å². The molecule has 1 heterocycles. The molecule has 1 fully saturated rings. The van der Waals surface area contributed by atoms with Crippen LogP contribution < -0.4 is 15.4 Å². The first-order valence-electron chi connectivity index (χ1n) is 11.5. The molecule has 1 aliphatic heterocycles. The van der Waals surface area contributed by atoms with Gasteiger partial charge in [0.25, 0.3) is 5.91 Å². The molecule has 0 radical (unpaired) electrons. The Morgan fingerprint density at radius 3 is 2.53 bits per heavy atom. The minimum atomic E-state index is -0.0976. The Morgan fingerprint density at radius 1 is 1.09 bits per heavy atom. The number of carbonyl (C=O) groups is 2. The molecular formula is C26H35N3O3. The molecule has 1 atom stereocenters. The normalized spacial score (nSPS) is 16.2. The van der Waals surface area contributed by atoms with Crippen LogP contribution >= 0.6 is 0 Å². The van der Waals surface area contributed by atoms with Gasteiger partial charge in [-0.05, 0) is 75.9 Å². The van der Waals surface area contributed by atoms with Gasteiger partial charge in [0.05, 0.1) is 6.10 Å². The molecule has 3 amide bonds. The number of hydrogen-bond acceptors (Lipinski definition) is 3. The topological polar surface area (TPSA) is 70.7 Å². The van der Waals surface area contributed by atoms with Gasteiger partial charge in [-0.25, -0.2) is 4.79 Å². The first-order valence-corrected chi connectivity index (χ1v) is 11.5. The summed E-state index contributed by atoms with van der Waals surface area (Å²) < 4.78 is 5.66. The fourth-order valence-corrected chi connectivity index (χ4v) is 3.95. The second-order valence-corrected chi connectivity index (χ2v) is 9.01. The quantitative estimate of drug-likeness (QED) is 0.660. The maximum absolute atomic E-state index is 12.7. The summed E-state index contributed by atoms with van der Waals surface area (Å²) in [6.45, 7) is 9.83. The lowest BCUT2D eigenvalue weighted by molar-refractivity contribution is 0.0950. The van der Waals surface area contributed by atoms with E-state index >= 15 is 0 Å². The van der Waals surface area contributed by atoms with Gasteiger partial charge in [0, 0.05) is 37.2 Å². The smallest absolute Gasteiger partial charge is 0.317 e. The minimum Gasteiger partial charge on any atom is -0.491 e. The molecule has 0 spiro atoms. The molecule has 2 aromatic carbocycles. The van der Waals surface area contributed by atoms with E-state index in [9.17, 15) is 9.59 Å². The van der Waals surface area contributed by atoms with Gasteiger partial charge in [0.2, 0.25) is 0 Å². The molecular weight excluding hydrogens is 402 g/mol. The van der Waals surface area contributed by atoms with Crippen molar-refractivity contribution in [1.29, 1.82) is 0 Å². The van der Waals surface area contributed by atoms with Crippen LogP contribution in [0.4, 0.5) is 4.79 Å². The van der Waals surface area contributed by atoms with Gasteiger partial charge in [-0.2, -0.15) is 0 Å². The Kier molecular flexibility index (Phi) is 8.14. The number of nitrogens with zero attached hydrogens (tertiary/aromatic N) is 1. The van der Waals surface area contributed by atoms with Crippen LogP contribution in [0, 0.1) is 0 Å². The van der Waals surface area contributed by atoms with Crippen LogP contribution in [-0.4, -0.2) is 42.1 Å². The predicted octanol–water partition coefficient (Wildman–Crippen LogP) is 4.70. The molecule has 0 aliphatic carbocycles. The highest BCUT2D eigenvalue weighted by Crippen LogP contribution is 2.27. The highest BCUT2D eigenvalue weighted by atomic mass is 16.5. The number of amides is 3. The third kappa shape index (κ3) is 6.74. The summed E-state index contributed by atoms with van der Waals surface area (Å²) in [5, 5.41) is 5.97. The van der Waals surface area contributed by atoms with Crippen LogP contribution in [0.2, 0.25) is 0 Å². The van der Waals surface area contributed by atoms with E-state index in [1.165, 1.54) is 0 Å². The van der Waals surface area contributed by atoms with E-state index in [0.29, 0.717) is 18.7 Å². The van der Waals surface area contributed by atoms with Crippen molar-refractivity contribution in [1.82, 2.24) is 15.5 Å². The molecule has 6 nitrogen and oxygen atoms in total. The Morgan fingerprint density at radius 2 is 1.84 bits per heavy atom. The molecule has 0 unspecified atom stereocenters. The molecule has 2 N–H and O–H groups in total. The standard InChI is InChI=1S/C26H35N3O3/c1-18(2)28-26(31)29-14-6-9-23(17-29)21-7-5-8-22(15-21)25(30)27-16-20-10-12-24(13-11-20)32-19(3)4/h5,7-8,10-13,15,18-19,23H,6,9,14,16-17H2,1-4H3,(H,27,30)(H,28,31)/t23-/m0/s1. The van der Waals surface area contributed by atoms with E-state index in [0.717, 1.165) is 36.3 Å². The number of urea groups is 1. The van der Waals surface area contributed by atoms with E-state index in [4.69, 9.17) is 4.74 Å². The van der Waals surface area contributed by atoms with Gasteiger partial charge in [0.1, 0.15) is 5.75 Å². The number of benzene rings is 2. The summed E-state index contributed by atoms with van der Waals surface area (Å²) in [5.74, 6) is 0.967. The summed E-state index contributed by atoms with van der Waals surface area (Å²) in [7, 11) is 0. The van der Waals surface area contributed by atoms with E-state index in [2.05, 4.69) is 16.7 Å². The zero-order valence-corrected chi connectivity index (χ0v) is 19.6. The second-order valence-electron chi connectivity index (χ2n) is 9.01. The number of nitrogens with one attached hydrogen (secondary N) is 2. The Hall–Kier alpha value is -3.02. The van der Waals surface area contributed by atoms with Gasteiger partial charge in [-0.3, -0.25) is 4.79 Å². The molecule has 0 bridgehead atoms. The number of ether oxygens (including phenoxy) is 1. The summed E-state index contributed by atoms with van der Waals surface area (Å²) in [6, 6.07) is 15.7. The number of likely N-dealkylation sites (tertiary alicyclic amines) is 1. The Labute approximate surface area is 191 Å². The summed E-state index contributed by atoms with van der Waals surface area (Å²) in [5.41, 5.74) is 2.77. The largest absolute Gasteiger partial charge is 0.491 e. The molecule has 0 aromatic heterocycles. The van der Waals surface area contributed by atoms with Crippen LogP contribution in [-0.2, 0) is 6.54 Å². The first-order chi connectivity index (χ1) is 15.3. The molecule has 172 valence electrons. The fraction of sp³-hybridized carbons (Fsp3) is 0.462. The van der Waals surface area contributed by atoms with Crippen molar-refractivity contribution in [3.8, 4) is 5.75 Å². The lowest BCUT2D eigenvalue weighted by atomic mass is 9.89. The van der Waals surface area contributed by atoms with E-state index in [1.54, 1.807) is 0 Å². The summed E-state index contributed by atoms with van der Waals surface area (Å²) in [4.78, 5) is 27.0. The molecule has 0 saturated carbocycles. The monoisotopic (exact) mass is 437 g/mol. The van der Waals surface area contributed by atoms with Crippen LogP contribution in [0.1, 0.15) is 67.9 Å². The van der Waals surface area contributed by atoms with Crippen LogP contribution in [0.3, 0.4) is 0 Å². The SMILES string of the molecule is CC(C)NC(=O)N1CCC[C@H](c2cccc(C(=O)NCc3ccc(OC(C)C)cc3)c2)C1. The highest BCUT2D eigenvalue weighted by molar-refractivity contribution is 5.94. The number of piperidine rings is 1. The zero-order valence-electron chi connectivity index (χ0n) is 19.6. The van der Waals surface area contributed by atoms with E-state index in [1.807, 2.05) is 75.1 Å². The minimum absolute atomic E-state index is 0.0107. The van der Waals surface area contributed by atoms with Crippen molar-refractivity contribution in [2.24, 2.45) is 0 Å². The summed E-state index contributed by atoms with van der Waals surface area (Å²) in [6.07, 6.45) is 2.11. The molecule has 1 saturated heterocycles. The molecule has 6 heteroatoms. The highest BCUT2D eigenvalue weighted by Gasteiger charge is 2.25. The van der Waals surface area contributed by atoms with Crippen molar-refractivity contribution in [3.05, 3.63) is 65.2 Å². The van der Waals surface area contributed by atoms with Crippen LogP contribution in [0.15, 0.2) is 48.5 Å². The number of rotatable bonds is 7. The molecule has 2 aromatic rings. The van der Waals surface area contributed by atoms with Crippen molar-refractivity contribution in [2.75, 3.05) is 13.1 Å². The van der Waals surface area contributed by atoms with Crippen molar-refractivity contribution in [2.45, 2.75) is 65.1 Å². The lowest BCUT2D eigenvalue weighted by Crippen LogP contribution is -2.47. The van der Waals surface area contributed by atoms with Crippen molar-refractivity contribution < 1.29 is 14.3 Å². The second kappa shape index (κ2) is 11.0. The zero-order chi connectivity index (χ0) is 23.1. The molecule has 3 rings (SSSR count). The Balaban J connectivity index is 1.59. The average molecular weight is 438 g/mol. The van der Waals surface area contributed by atoms with Gasteiger partial charge in [-0.15, -0.1) is 0 Å². The maximum atomic E-state index is 12.7. The summed E-state index contributed by atoms with van der Waals surface area (Å²) >= 11 is 0. The third-order valence-corrected chi connectivity index (χ3v) is 5.49. The maximum Gasteiger partial charge on any atom is 0.317 e. The van der Waals surface area contributed by atoms with Gasteiger partial charge in [0.15, 0.2) is 0 Å². The van der Waals surface area contributed by atoms with Crippen molar-refractivity contribution >= 4 is 11.9 Å². The molecule has 32 heavy (non-hydrogen) atoms. The van der Waals surface area contributed by atoms with Crippen LogP contribution in [0.5, 0.6) is 5.75 Å². The van der Waals surface area contributed by atoms with E-state index < -0.39 is 0 Å². The average Bonchev–Trinajstić information content (AvgIpc) is 2.78. The van der Waals surface area contributed by atoms with E-state index in [-0.39, 0.29) is 30.0 Å². The van der Waals surface area contributed by atoms with Crippen molar-refractivity contribution in [3.63, 3.8) is 0 Å². The van der Waals surface area contributed by atoms with Gasteiger partial charge >= 0.3 is 6.03 Å². The van der Waals surface area contributed by atoms with Gasteiger partial charge in [-0.1, -0.05) is 24.3 Å². The fourth-order valence-electron chi connectivity index (χ4n) is 3.95. The molecule has 1 aliphatic rings. The Bertz CT molecular complexity index is 909. The third-order valence-electron chi connectivity index (χ3n) is 5.49. The number of hydrogen-bond donors (Lipinski definition) is 2. The lowest BCUT2D eigenvalue weighted by Gasteiger charge is -2.33. The number of carbonyl (C=O) groups excluding carboxylic acids is 2. The predicted molar refractivity (Wildman–Crippen MR) is 127 cm³/mol. The first kappa shape index (κ1) is 23.6. The van der Waals surface area contributed by atoms with Gasteiger partial charge < -0.3 is 20.3 Å².